The van der Waals surface area contributed by atoms with Crippen LogP contribution in [0.5, 0.6) is 5.75 Å². The molecule has 1 unspecified atom stereocenters. The molecule has 2 N–H and O–H groups in total. The second-order valence-corrected chi connectivity index (χ2v) is 8.03. The summed E-state index contributed by atoms with van der Waals surface area (Å²) in [5.74, 6) is 0.535. The minimum absolute atomic E-state index is 0.220. The van der Waals surface area contributed by atoms with Gasteiger partial charge in [0.25, 0.3) is 0 Å². The van der Waals surface area contributed by atoms with Crippen molar-refractivity contribution in [3.05, 3.63) is 64.7 Å². The van der Waals surface area contributed by atoms with Gasteiger partial charge in [-0.05, 0) is 68.0 Å². The molecule has 2 rings (SSSR count). The van der Waals surface area contributed by atoms with Crippen LogP contribution in [0.4, 0.5) is 0 Å². The summed E-state index contributed by atoms with van der Waals surface area (Å²) in [4.78, 5) is 12.3. The van der Waals surface area contributed by atoms with Gasteiger partial charge in [-0.1, -0.05) is 50.1 Å². The van der Waals surface area contributed by atoms with Gasteiger partial charge in [0.15, 0.2) is 0 Å². The van der Waals surface area contributed by atoms with E-state index in [0.717, 1.165) is 17.5 Å². The lowest BCUT2D eigenvalue weighted by Crippen LogP contribution is -2.19. The van der Waals surface area contributed by atoms with Crippen LogP contribution in [-0.4, -0.2) is 12.5 Å². The largest absolute Gasteiger partial charge is 0.423 e. The third-order valence-electron chi connectivity index (χ3n) is 4.16. The van der Waals surface area contributed by atoms with Gasteiger partial charge in [-0.3, -0.25) is 0 Å². The van der Waals surface area contributed by atoms with Crippen LogP contribution < -0.4 is 10.5 Å². The van der Waals surface area contributed by atoms with Crippen LogP contribution >= 0.6 is 0 Å². The molecule has 0 radical (unpaired) electrons. The van der Waals surface area contributed by atoms with Gasteiger partial charge in [0.05, 0.1) is 5.56 Å². The van der Waals surface area contributed by atoms with Crippen molar-refractivity contribution in [3.8, 4) is 5.75 Å². The van der Waals surface area contributed by atoms with Crippen LogP contribution in [0.25, 0.3) is 0 Å². The van der Waals surface area contributed by atoms with Crippen LogP contribution in [0.2, 0.25) is 0 Å². The molecule has 1 atom stereocenters. The number of ether oxygens (including phenoxy) is 1. The SMILES string of the molecule is Cc1cc(C)cc(C(=O)Oc2ccc(C(CN)CC(C)(C)C)cc2)c1. The fourth-order valence-corrected chi connectivity index (χ4v) is 3.14. The number of nitrogens with two attached hydrogens (primary N) is 1. The molecule has 3 nitrogen and oxygen atoms in total. The molecule has 2 aromatic rings. The standard InChI is InChI=1S/C22H29NO2/c1-15-10-16(2)12-18(11-15)21(24)25-20-8-6-17(7-9-20)19(14-23)13-22(3,4)5/h6-12,19H,13-14,23H2,1-5H3. The number of benzene rings is 2. The van der Waals surface area contributed by atoms with Crippen molar-refractivity contribution in [1.29, 1.82) is 0 Å². The molecule has 0 saturated heterocycles. The highest BCUT2D eigenvalue weighted by molar-refractivity contribution is 5.91. The van der Waals surface area contributed by atoms with Crippen LogP contribution in [0.1, 0.15) is 60.2 Å². The Morgan fingerprint density at radius 1 is 1.04 bits per heavy atom. The summed E-state index contributed by atoms with van der Waals surface area (Å²) in [5, 5.41) is 0. The van der Waals surface area contributed by atoms with E-state index in [1.54, 1.807) is 0 Å². The molecule has 0 aliphatic carbocycles. The van der Waals surface area contributed by atoms with E-state index >= 15 is 0 Å². The Kier molecular flexibility index (Phi) is 6.02. The van der Waals surface area contributed by atoms with Crippen molar-refractivity contribution in [1.82, 2.24) is 0 Å². The molecule has 0 bridgehead atoms. The van der Waals surface area contributed by atoms with E-state index in [4.69, 9.17) is 10.5 Å². The monoisotopic (exact) mass is 339 g/mol. The Hall–Kier alpha value is -2.13. The minimum atomic E-state index is -0.329. The number of rotatable bonds is 5. The summed E-state index contributed by atoms with van der Waals surface area (Å²) in [7, 11) is 0. The Morgan fingerprint density at radius 3 is 2.08 bits per heavy atom. The minimum Gasteiger partial charge on any atom is -0.423 e. The zero-order chi connectivity index (χ0) is 18.6. The van der Waals surface area contributed by atoms with Gasteiger partial charge in [-0.25, -0.2) is 4.79 Å². The maximum atomic E-state index is 12.3. The van der Waals surface area contributed by atoms with Gasteiger partial charge in [-0.15, -0.1) is 0 Å². The highest BCUT2D eigenvalue weighted by Crippen LogP contribution is 2.31. The zero-order valence-corrected chi connectivity index (χ0v) is 15.9. The number of carbonyl (C=O) groups is 1. The van der Waals surface area contributed by atoms with Crippen LogP contribution in [-0.2, 0) is 0 Å². The maximum absolute atomic E-state index is 12.3. The predicted molar refractivity (Wildman–Crippen MR) is 103 cm³/mol. The van der Waals surface area contributed by atoms with E-state index in [0.29, 0.717) is 23.8 Å². The number of hydrogen-bond donors (Lipinski definition) is 1. The molecule has 25 heavy (non-hydrogen) atoms. The van der Waals surface area contributed by atoms with E-state index in [2.05, 4.69) is 20.8 Å². The maximum Gasteiger partial charge on any atom is 0.343 e. The Balaban J connectivity index is 2.10. The predicted octanol–water partition coefficient (Wildman–Crippen LogP) is 5.00. The number of hydrogen-bond acceptors (Lipinski definition) is 3. The molecule has 0 aliphatic heterocycles. The van der Waals surface area contributed by atoms with Crippen molar-refractivity contribution in [3.63, 3.8) is 0 Å². The van der Waals surface area contributed by atoms with E-state index < -0.39 is 0 Å². The molecule has 0 saturated carbocycles. The first kappa shape index (κ1) is 19.2. The number of esters is 1. The second kappa shape index (κ2) is 7.83. The lowest BCUT2D eigenvalue weighted by Gasteiger charge is -2.25. The fraction of sp³-hybridized carbons (Fsp3) is 0.409. The molecule has 2 aromatic carbocycles. The average molecular weight is 339 g/mol. The first-order valence-corrected chi connectivity index (χ1v) is 8.78. The molecule has 0 aromatic heterocycles. The molecule has 134 valence electrons. The van der Waals surface area contributed by atoms with Crippen molar-refractivity contribution in [2.75, 3.05) is 6.54 Å². The van der Waals surface area contributed by atoms with E-state index in [1.807, 2.05) is 56.3 Å². The molecule has 3 heteroatoms. The molecular formula is C22H29NO2. The topological polar surface area (TPSA) is 52.3 Å². The smallest absolute Gasteiger partial charge is 0.343 e. The number of carbonyl (C=O) groups excluding carboxylic acids is 1. The third-order valence-corrected chi connectivity index (χ3v) is 4.16. The highest BCUT2D eigenvalue weighted by atomic mass is 16.5. The molecular weight excluding hydrogens is 310 g/mol. The molecule has 0 heterocycles. The summed E-state index contributed by atoms with van der Waals surface area (Å²) in [6.07, 6.45) is 1.02. The molecule has 0 fully saturated rings. The summed E-state index contributed by atoms with van der Waals surface area (Å²) in [5.41, 5.74) is 10.0. The van der Waals surface area contributed by atoms with Crippen molar-refractivity contribution in [2.24, 2.45) is 11.1 Å². The van der Waals surface area contributed by atoms with Crippen LogP contribution in [0, 0.1) is 19.3 Å². The van der Waals surface area contributed by atoms with Crippen molar-refractivity contribution >= 4 is 5.97 Å². The normalized spacial score (nSPS) is 12.7. The average Bonchev–Trinajstić information content (AvgIpc) is 2.51. The molecule has 0 aliphatic rings. The van der Waals surface area contributed by atoms with Gasteiger partial charge < -0.3 is 10.5 Å². The first-order chi connectivity index (χ1) is 11.7. The lowest BCUT2D eigenvalue weighted by molar-refractivity contribution is 0.0734. The molecule has 0 amide bonds. The summed E-state index contributed by atoms with van der Waals surface area (Å²) in [6, 6.07) is 13.4. The van der Waals surface area contributed by atoms with Crippen LogP contribution in [0.15, 0.2) is 42.5 Å². The Bertz CT molecular complexity index is 706. The zero-order valence-electron chi connectivity index (χ0n) is 15.9. The highest BCUT2D eigenvalue weighted by Gasteiger charge is 2.19. The van der Waals surface area contributed by atoms with Gasteiger partial charge in [-0.2, -0.15) is 0 Å². The Morgan fingerprint density at radius 2 is 1.60 bits per heavy atom. The summed E-state index contributed by atoms with van der Waals surface area (Å²) < 4.78 is 5.51. The number of aryl methyl sites for hydroxylation is 2. The first-order valence-electron chi connectivity index (χ1n) is 8.78. The van der Waals surface area contributed by atoms with Gasteiger partial charge in [0.1, 0.15) is 5.75 Å². The van der Waals surface area contributed by atoms with Gasteiger partial charge in [0, 0.05) is 0 Å². The second-order valence-electron chi connectivity index (χ2n) is 8.03. The third kappa shape index (κ3) is 5.71. The van der Waals surface area contributed by atoms with Gasteiger partial charge >= 0.3 is 5.97 Å². The fourth-order valence-electron chi connectivity index (χ4n) is 3.14. The van der Waals surface area contributed by atoms with Gasteiger partial charge in [0.2, 0.25) is 0 Å². The summed E-state index contributed by atoms with van der Waals surface area (Å²) in [6.45, 7) is 11.2. The van der Waals surface area contributed by atoms with Crippen molar-refractivity contribution in [2.45, 2.75) is 47.0 Å². The molecule has 0 spiro atoms. The van der Waals surface area contributed by atoms with E-state index in [1.165, 1.54) is 5.56 Å². The van der Waals surface area contributed by atoms with E-state index in [9.17, 15) is 4.79 Å². The quantitative estimate of drug-likeness (QED) is 0.616. The Labute approximate surface area is 151 Å². The lowest BCUT2D eigenvalue weighted by atomic mass is 9.81. The van der Waals surface area contributed by atoms with Crippen molar-refractivity contribution < 1.29 is 9.53 Å². The van der Waals surface area contributed by atoms with E-state index in [-0.39, 0.29) is 11.4 Å². The van der Waals surface area contributed by atoms with Crippen LogP contribution in [0.3, 0.4) is 0 Å². The summed E-state index contributed by atoms with van der Waals surface area (Å²) >= 11 is 0.